The molecule has 1 unspecified atom stereocenters. The number of thioether (sulfide) groups is 1. The molecule has 1 aliphatic rings. The number of benzene rings is 1. The molecule has 0 fully saturated rings. The summed E-state index contributed by atoms with van der Waals surface area (Å²) in [5, 5.41) is 12.9. The van der Waals surface area contributed by atoms with Gasteiger partial charge in [0.2, 0.25) is 18.6 Å². The number of carbonyl (C=O) groups is 1. The van der Waals surface area contributed by atoms with Crippen molar-refractivity contribution in [3.05, 3.63) is 40.6 Å². The first-order valence-corrected chi connectivity index (χ1v) is 9.65. The maximum Gasteiger partial charge on any atom is 0.277 e. The molecule has 3 heterocycles. The average molecular weight is 389 g/mol. The molecule has 0 saturated heterocycles. The van der Waals surface area contributed by atoms with Crippen LogP contribution in [0.2, 0.25) is 0 Å². The molecule has 1 aromatic carbocycles. The van der Waals surface area contributed by atoms with Crippen LogP contribution in [0.5, 0.6) is 11.5 Å². The molecule has 0 bridgehead atoms. The molecule has 1 aliphatic heterocycles. The number of carbonyl (C=O) groups excluding carboxylic acids is 1. The fourth-order valence-corrected chi connectivity index (χ4v) is 3.69. The van der Waals surface area contributed by atoms with E-state index in [1.54, 1.807) is 30.4 Å². The molecular weight excluding hydrogens is 374 g/mol. The summed E-state index contributed by atoms with van der Waals surface area (Å²) in [5.41, 5.74) is 0.739. The number of ether oxygens (including phenoxy) is 2. The highest BCUT2D eigenvalue weighted by atomic mass is 32.2. The van der Waals surface area contributed by atoms with Gasteiger partial charge in [-0.2, -0.15) is 0 Å². The van der Waals surface area contributed by atoms with E-state index in [0.29, 0.717) is 29.2 Å². The van der Waals surface area contributed by atoms with Crippen LogP contribution in [-0.2, 0) is 11.3 Å². The molecule has 0 spiro atoms. The van der Waals surface area contributed by atoms with Crippen LogP contribution in [0.15, 0.2) is 45.4 Å². The summed E-state index contributed by atoms with van der Waals surface area (Å²) >= 11 is 2.83. The zero-order valence-electron chi connectivity index (χ0n) is 13.8. The molecule has 4 rings (SSSR count). The number of hydrogen-bond acceptors (Lipinski definition) is 8. The van der Waals surface area contributed by atoms with Gasteiger partial charge >= 0.3 is 0 Å². The highest BCUT2D eigenvalue weighted by molar-refractivity contribution is 8.00. The molecule has 3 aromatic rings. The fourth-order valence-electron chi connectivity index (χ4n) is 2.34. The summed E-state index contributed by atoms with van der Waals surface area (Å²) in [6, 6.07) is 9.36. The molecule has 0 saturated carbocycles. The van der Waals surface area contributed by atoms with Crippen LogP contribution in [0.1, 0.15) is 11.8 Å². The second kappa shape index (κ2) is 7.38. The minimum atomic E-state index is -0.347. The van der Waals surface area contributed by atoms with Gasteiger partial charge in [-0.3, -0.25) is 4.79 Å². The second-order valence-corrected chi connectivity index (χ2v) is 7.82. The number of hydrogen-bond donors (Lipinski definition) is 1. The molecule has 0 aliphatic carbocycles. The summed E-state index contributed by atoms with van der Waals surface area (Å²) in [6.07, 6.45) is 0. The van der Waals surface area contributed by atoms with Crippen LogP contribution in [0, 0.1) is 0 Å². The van der Waals surface area contributed by atoms with Crippen LogP contribution in [0.3, 0.4) is 0 Å². The van der Waals surface area contributed by atoms with Crippen LogP contribution < -0.4 is 14.8 Å². The van der Waals surface area contributed by atoms with Crippen molar-refractivity contribution in [1.82, 2.24) is 15.5 Å². The van der Waals surface area contributed by atoms with Gasteiger partial charge in [0.15, 0.2) is 11.5 Å². The maximum absolute atomic E-state index is 12.2. The Morgan fingerprint density at radius 2 is 2.19 bits per heavy atom. The van der Waals surface area contributed by atoms with Crippen molar-refractivity contribution < 1.29 is 18.7 Å². The number of fused-ring (bicyclic) bond motifs is 1. The van der Waals surface area contributed by atoms with E-state index >= 15 is 0 Å². The molecule has 1 amide bonds. The largest absolute Gasteiger partial charge is 0.454 e. The first kappa shape index (κ1) is 16.9. The summed E-state index contributed by atoms with van der Waals surface area (Å²) < 4.78 is 16.3. The quantitative estimate of drug-likeness (QED) is 0.647. The smallest absolute Gasteiger partial charge is 0.277 e. The first-order valence-electron chi connectivity index (χ1n) is 7.89. The van der Waals surface area contributed by atoms with Gasteiger partial charge in [0, 0.05) is 10.4 Å². The molecule has 1 atom stereocenters. The van der Waals surface area contributed by atoms with Gasteiger partial charge in [0.1, 0.15) is 0 Å². The zero-order chi connectivity index (χ0) is 17.9. The number of amides is 1. The molecule has 9 heteroatoms. The highest BCUT2D eigenvalue weighted by Crippen LogP contribution is 2.36. The molecular formula is C17H15N3O4S2. The van der Waals surface area contributed by atoms with E-state index in [2.05, 4.69) is 15.5 Å². The predicted octanol–water partition coefficient (Wildman–Crippen LogP) is 3.32. The predicted molar refractivity (Wildman–Crippen MR) is 97.3 cm³/mol. The third-order valence-electron chi connectivity index (χ3n) is 3.69. The molecule has 2 aromatic heterocycles. The molecule has 0 radical (unpaired) electrons. The lowest BCUT2D eigenvalue weighted by Gasteiger charge is -2.08. The molecule has 1 N–H and O–H groups in total. The Morgan fingerprint density at radius 1 is 1.31 bits per heavy atom. The van der Waals surface area contributed by atoms with Gasteiger partial charge in [-0.25, -0.2) is 0 Å². The summed E-state index contributed by atoms with van der Waals surface area (Å²) in [4.78, 5) is 13.3. The SMILES string of the molecule is CC(Sc1nnc(-c2ccc3c(c2)OCO3)o1)C(=O)NCc1cccs1. The van der Waals surface area contributed by atoms with Crippen molar-refractivity contribution in [2.75, 3.05) is 6.79 Å². The Labute approximate surface area is 157 Å². The standard InChI is InChI=1S/C17H15N3O4S2/c1-10(15(21)18-8-12-3-2-6-25-12)26-17-20-19-16(24-17)11-4-5-13-14(7-11)23-9-22-13/h2-7,10H,8-9H2,1H3,(H,18,21). The first-order chi connectivity index (χ1) is 12.7. The van der Waals surface area contributed by atoms with E-state index in [1.165, 1.54) is 11.8 Å². The van der Waals surface area contributed by atoms with Crippen molar-refractivity contribution >= 4 is 29.0 Å². The van der Waals surface area contributed by atoms with Crippen molar-refractivity contribution in [2.45, 2.75) is 23.9 Å². The highest BCUT2D eigenvalue weighted by Gasteiger charge is 2.20. The number of thiophene rings is 1. The molecule has 134 valence electrons. The summed E-state index contributed by atoms with van der Waals surface area (Å²) in [7, 11) is 0. The Balaban J connectivity index is 1.37. The van der Waals surface area contributed by atoms with E-state index in [-0.39, 0.29) is 18.0 Å². The van der Waals surface area contributed by atoms with Crippen molar-refractivity contribution in [1.29, 1.82) is 0 Å². The monoisotopic (exact) mass is 389 g/mol. The zero-order valence-corrected chi connectivity index (χ0v) is 15.4. The van der Waals surface area contributed by atoms with E-state index in [4.69, 9.17) is 13.9 Å². The number of nitrogens with one attached hydrogen (secondary N) is 1. The summed E-state index contributed by atoms with van der Waals surface area (Å²) in [5.74, 6) is 1.64. The minimum Gasteiger partial charge on any atom is -0.454 e. The van der Waals surface area contributed by atoms with E-state index in [1.807, 2.05) is 23.6 Å². The topological polar surface area (TPSA) is 86.5 Å². The maximum atomic E-state index is 12.2. The van der Waals surface area contributed by atoms with Gasteiger partial charge < -0.3 is 19.2 Å². The third kappa shape index (κ3) is 3.68. The van der Waals surface area contributed by atoms with Crippen LogP contribution in [0.4, 0.5) is 0 Å². The Morgan fingerprint density at radius 3 is 3.04 bits per heavy atom. The van der Waals surface area contributed by atoms with E-state index in [0.717, 1.165) is 10.4 Å². The second-order valence-electron chi connectivity index (χ2n) is 5.50. The number of nitrogens with zero attached hydrogens (tertiary/aromatic N) is 2. The lowest BCUT2D eigenvalue weighted by molar-refractivity contribution is -0.120. The molecule has 7 nitrogen and oxygen atoms in total. The van der Waals surface area contributed by atoms with Crippen LogP contribution in [0.25, 0.3) is 11.5 Å². The lowest BCUT2D eigenvalue weighted by atomic mass is 10.2. The number of aromatic nitrogens is 2. The van der Waals surface area contributed by atoms with Crippen molar-refractivity contribution in [2.24, 2.45) is 0 Å². The molecule has 26 heavy (non-hydrogen) atoms. The van der Waals surface area contributed by atoms with E-state index in [9.17, 15) is 4.79 Å². The fraction of sp³-hybridized carbons (Fsp3) is 0.235. The van der Waals surface area contributed by atoms with Crippen molar-refractivity contribution in [3.8, 4) is 23.0 Å². The normalized spacial score (nSPS) is 13.6. The average Bonchev–Trinajstić information content (AvgIpc) is 3.39. The van der Waals surface area contributed by atoms with Crippen molar-refractivity contribution in [3.63, 3.8) is 0 Å². The number of rotatable bonds is 6. The van der Waals surface area contributed by atoms with Gasteiger partial charge in [0.25, 0.3) is 5.22 Å². The van der Waals surface area contributed by atoms with Crippen LogP contribution in [-0.4, -0.2) is 28.1 Å². The third-order valence-corrected chi connectivity index (χ3v) is 5.50. The Bertz CT molecular complexity index is 911. The Hall–Kier alpha value is -2.52. The van der Waals surface area contributed by atoms with Gasteiger partial charge in [-0.15, -0.1) is 21.5 Å². The Kier molecular flexibility index (Phi) is 4.81. The lowest BCUT2D eigenvalue weighted by Crippen LogP contribution is -2.30. The van der Waals surface area contributed by atoms with Gasteiger partial charge in [-0.1, -0.05) is 17.8 Å². The summed E-state index contributed by atoms with van der Waals surface area (Å²) in [6.45, 7) is 2.54. The van der Waals surface area contributed by atoms with Gasteiger partial charge in [-0.05, 0) is 36.6 Å². The minimum absolute atomic E-state index is 0.0776. The van der Waals surface area contributed by atoms with Gasteiger partial charge in [0.05, 0.1) is 11.8 Å². The van der Waals surface area contributed by atoms with E-state index < -0.39 is 0 Å². The van der Waals surface area contributed by atoms with Crippen LogP contribution >= 0.6 is 23.1 Å².